The van der Waals surface area contributed by atoms with Crippen LogP contribution in [0.25, 0.3) is 11.0 Å². The molecule has 0 saturated carbocycles. The van der Waals surface area contributed by atoms with E-state index in [2.05, 4.69) is 12.2 Å². The number of piperidine rings is 1. The maximum Gasteiger partial charge on any atom is 0.252 e. The van der Waals surface area contributed by atoms with E-state index >= 15 is 0 Å². The van der Waals surface area contributed by atoms with Gasteiger partial charge in [0, 0.05) is 18.2 Å². The molecule has 2 heterocycles. The van der Waals surface area contributed by atoms with Gasteiger partial charge in [0.05, 0.1) is 38.4 Å². The number of carbonyl (C=O) groups excluding carboxylic acids is 2. The topological polar surface area (TPSA) is 94.9 Å². The third kappa shape index (κ3) is 4.96. The van der Waals surface area contributed by atoms with Gasteiger partial charge in [-0.2, -0.15) is 0 Å². The molecule has 1 aliphatic heterocycles. The Morgan fingerprint density at radius 2 is 1.78 bits per heavy atom. The van der Waals surface area contributed by atoms with Crippen LogP contribution in [-0.4, -0.2) is 60.2 Å². The summed E-state index contributed by atoms with van der Waals surface area (Å²) < 4.78 is 18.0. The number of methoxy groups -OCH3 is 3. The molecular weight excluding hydrogens is 460 g/mol. The van der Waals surface area contributed by atoms with E-state index in [1.54, 1.807) is 12.1 Å². The molecular formula is C27H34N4O5. The predicted molar refractivity (Wildman–Crippen MR) is 137 cm³/mol. The van der Waals surface area contributed by atoms with Crippen LogP contribution in [0.15, 0.2) is 36.4 Å². The van der Waals surface area contributed by atoms with Gasteiger partial charge in [-0.05, 0) is 57.4 Å². The number of nitrogens with one attached hydrogen (secondary N) is 1. The molecule has 2 atom stereocenters. The second-order valence-electron chi connectivity index (χ2n) is 9.09. The van der Waals surface area contributed by atoms with Gasteiger partial charge in [0.2, 0.25) is 11.7 Å². The highest BCUT2D eigenvalue weighted by Crippen LogP contribution is 2.38. The van der Waals surface area contributed by atoms with Crippen molar-refractivity contribution >= 4 is 22.8 Å². The number of hydrogen-bond acceptors (Lipinski definition) is 6. The Balaban J connectivity index is 1.62. The predicted octanol–water partition coefficient (Wildman–Crippen LogP) is 3.95. The van der Waals surface area contributed by atoms with Crippen molar-refractivity contribution in [1.82, 2.24) is 19.8 Å². The standard InChI is InChI=1S/C27H34N4O5/c1-17-10-8-9-13-30(17)24(32)16-31-21-12-7-6-11-20(21)29-26(31)18(2)28-27(33)19-14-22(34-3)25(36-5)23(15-19)35-4/h6-7,11-12,14-15,17-18H,8-10,13,16H2,1-5H3,(H,28,33). The molecule has 0 radical (unpaired) electrons. The number of hydrogen-bond donors (Lipinski definition) is 1. The number of imidazole rings is 1. The zero-order chi connectivity index (χ0) is 25.8. The third-order valence-corrected chi connectivity index (χ3v) is 6.76. The second-order valence-corrected chi connectivity index (χ2v) is 9.09. The summed E-state index contributed by atoms with van der Waals surface area (Å²) in [5.74, 6) is 1.56. The SMILES string of the molecule is COc1cc(C(=O)NC(C)c2nc3ccccc3n2CC(=O)N2CCCCC2C)cc(OC)c1OC. The van der Waals surface area contributed by atoms with Gasteiger partial charge < -0.3 is 29.0 Å². The highest BCUT2D eigenvalue weighted by atomic mass is 16.5. The number of aromatic nitrogens is 2. The van der Waals surface area contributed by atoms with Crippen LogP contribution in [0.4, 0.5) is 0 Å². The first-order valence-electron chi connectivity index (χ1n) is 12.2. The van der Waals surface area contributed by atoms with E-state index in [-0.39, 0.29) is 24.4 Å². The van der Waals surface area contributed by atoms with Gasteiger partial charge in [-0.1, -0.05) is 12.1 Å². The van der Waals surface area contributed by atoms with Gasteiger partial charge in [-0.15, -0.1) is 0 Å². The molecule has 0 aliphatic carbocycles. The Hall–Kier alpha value is -3.75. The molecule has 2 aromatic carbocycles. The molecule has 192 valence electrons. The third-order valence-electron chi connectivity index (χ3n) is 6.76. The summed E-state index contributed by atoms with van der Waals surface area (Å²) in [6.45, 7) is 4.91. The zero-order valence-electron chi connectivity index (χ0n) is 21.5. The summed E-state index contributed by atoms with van der Waals surface area (Å²) >= 11 is 0. The molecule has 0 bridgehead atoms. The molecule has 1 aromatic heterocycles. The molecule has 2 amide bonds. The minimum Gasteiger partial charge on any atom is -0.493 e. The van der Waals surface area contributed by atoms with E-state index in [0.717, 1.165) is 36.8 Å². The van der Waals surface area contributed by atoms with E-state index in [1.807, 2.05) is 40.7 Å². The smallest absolute Gasteiger partial charge is 0.252 e. The Labute approximate surface area is 211 Å². The van der Waals surface area contributed by atoms with Crippen molar-refractivity contribution in [3.8, 4) is 17.2 Å². The average Bonchev–Trinajstić information content (AvgIpc) is 3.26. The van der Waals surface area contributed by atoms with Crippen molar-refractivity contribution < 1.29 is 23.8 Å². The van der Waals surface area contributed by atoms with Crippen molar-refractivity contribution in [1.29, 1.82) is 0 Å². The molecule has 4 rings (SSSR count). The summed E-state index contributed by atoms with van der Waals surface area (Å²) in [5, 5.41) is 3.02. The van der Waals surface area contributed by atoms with E-state index < -0.39 is 6.04 Å². The van der Waals surface area contributed by atoms with Gasteiger partial charge in [-0.25, -0.2) is 4.98 Å². The normalized spacial score (nSPS) is 16.5. The Bertz CT molecular complexity index is 1230. The number of amides is 2. The molecule has 3 aromatic rings. The number of ether oxygens (including phenoxy) is 3. The zero-order valence-corrected chi connectivity index (χ0v) is 21.5. The van der Waals surface area contributed by atoms with Crippen LogP contribution in [0, 0.1) is 0 Å². The summed E-state index contributed by atoms with van der Waals surface area (Å²) in [4.78, 5) is 33.3. The number of para-hydroxylation sites is 2. The fourth-order valence-corrected chi connectivity index (χ4v) is 4.84. The average molecular weight is 495 g/mol. The van der Waals surface area contributed by atoms with Crippen LogP contribution >= 0.6 is 0 Å². The minimum atomic E-state index is -0.462. The fourth-order valence-electron chi connectivity index (χ4n) is 4.84. The highest BCUT2D eigenvalue weighted by Gasteiger charge is 2.27. The van der Waals surface area contributed by atoms with E-state index in [1.165, 1.54) is 21.3 Å². The van der Waals surface area contributed by atoms with Gasteiger partial charge in [0.25, 0.3) is 5.91 Å². The fraction of sp³-hybridized carbons (Fsp3) is 0.444. The Kier molecular flexibility index (Phi) is 7.67. The first-order chi connectivity index (χ1) is 17.4. The monoisotopic (exact) mass is 494 g/mol. The van der Waals surface area contributed by atoms with E-state index in [0.29, 0.717) is 28.6 Å². The molecule has 36 heavy (non-hydrogen) atoms. The summed E-state index contributed by atoms with van der Waals surface area (Å²) in [6.07, 6.45) is 3.19. The molecule has 0 spiro atoms. The van der Waals surface area contributed by atoms with Gasteiger partial charge >= 0.3 is 0 Å². The second kappa shape index (κ2) is 10.9. The molecule has 1 saturated heterocycles. The van der Waals surface area contributed by atoms with Gasteiger partial charge in [-0.3, -0.25) is 9.59 Å². The summed E-state index contributed by atoms with van der Waals surface area (Å²) in [5.41, 5.74) is 2.00. The first kappa shape index (κ1) is 25.3. The number of nitrogens with zero attached hydrogens (tertiary/aromatic N) is 3. The number of benzene rings is 2. The van der Waals surface area contributed by atoms with Crippen LogP contribution in [0.3, 0.4) is 0 Å². The van der Waals surface area contributed by atoms with Crippen LogP contribution in [-0.2, 0) is 11.3 Å². The lowest BCUT2D eigenvalue weighted by atomic mass is 10.0. The van der Waals surface area contributed by atoms with Crippen molar-refractivity contribution in [2.45, 2.75) is 51.7 Å². The highest BCUT2D eigenvalue weighted by molar-refractivity contribution is 5.96. The largest absolute Gasteiger partial charge is 0.493 e. The van der Waals surface area contributed by atoms with Crippen molar-refractivity contribution in [2.75, 3.05) is 27.9 Å². The molecule has 1 aliphatic rings. The number of carbonyl (C=O) groups is 2. The lowest BCUT2D eigenvalue weighted by Gasteiger charge is -2.33. The first-order valence-corrected chi connectivity index (χ1v) is 12.2. The minimum absolute atomic E-state index is 0.0646. The lowest BCUT2D eigenvalue weighted by molar-refractivity contribution is -0.135. The maximum absolute atomic E-state index is 13.3. The van der Waals surface area contributed by atoms with Gasteiger partial charge in [0.15, 0.2) is 11.5 Å². The van der Waals surface area contributed by atoms with Crippen molar-refractivity contribution in [3.05, 3.63) is 47.8 Å². The van der Waals surface area contributed by atoms with Gasteiger partial charge in [0.1, 0.15) is 12.4 Å². The number of rotatable bonds is 8. The van der Waals surface area contributed by atoms with E-state index in [4.69, 9.17) is 19.2 Å². The lowest BCUT2D eigenvalue weighted by Crippen LogP contribution is -2.44. The van der Waals surface area contributed by atoms with Crippen molar-refractivity contribution in [3.63, 3.8) is 0 Å². The van der Waals surface area contributed by atoms with Crippen LogP contribution in [0.2, 0.25) is 0 Å². The summed E-state index contributed by atoms with van der Waals surface area (Å²) in [7, 11) is 4.52. The molecule has 1 fully saturated rings. The van der Waals surface area contributed by atoms with Crippen LogP contribution in [0.5, 0.6) is 17.2 Å². The molecule has 2 unspecified atom stereocenters. The van der Waals surface area contributed by atoms with Crippen LogP contribution < -0.4 is 19.5 Å². The van der Waals surface area contributed by atoms with E-state index in [9.17, 15) is 9.59 Å². The summed E-state index contributed by atoms with van der Waals surface area (Å²) in [6, 6.07) is 10.7. The molecule has 1 N–H and O–H groups in total. The van der Waals surface area contributed by atoms with Crippen molar-refractivity contribution in [2.24, 2.45) is 0 Å². The quantitative estimate of drug-likeness (QED) is 0.510. The number of fused-ring (bicyclic) bond motifs is 1. The molecule has 9 heteroatoms. The molecule has 9 nitrogen and oxygen atoms in total. The Morgan fingerprint density at radius 1 is 1.08 bits per heavy atom. The Morgan fingerprint density at radius 3 is 2.42 bits per heavy atom. The number of likely N-dealkylation sites (tertiary alicyclic amines) is 1. The van der Waals surface area contributed by atoms with Crippen LogP contribution in [0.1, 0.15) is 55.3 Å². The maximum atomic E-state index is 13.3.